The molecular formula is C14H16N4O5S. The van der Waals surface area contributed by atoms with Crippen molar-refractivity contribution in [3.05, 3.63) is 36.5 Å². The van der Waals surface area contributed by atoms with E-state index in [1.54, 1.807) is 35.2 Å². The summed E-state index contributed by atoms with van der Waals surface area (Å²) in [7, 11) is -4.06. The van der Waals surface area contributed by atoms with Crippen LogP contribution in [0.1, 0.15) is 12.8 Å². The van der Waals surface area contributed by atoms with Crippen molar-refractivity contribution >= 4 is 22.0 Å². The first kappa shape index (κ1) is 16.3. The van der Waals surface area contributed by atoms with E-state index in [9.17, 15) is 13.2 Å². The lowest BCUT2D eigenvalue weighted by atomic mass is 10.1. The summed E-state index contributed by atoms with van der Waals surface area (Å²) in [6.07, 6.45) is 2.54. The molecule has 0 atom stereocenters. The monoisotopic (exact) mass is 352 g/mol. The van der Waals surface area contributed by atoms with E-state index in [1.165, 1.54) is 11.1 Å². The number of hydrogen-bond donors (Lipinski definition) is 2. The van der Waals surface area contributed by atoms with Crippen molar-refractivity contribution in [2.24, 2.45) is 0 Å². The van der Waals surface area contributed by atoms with E-state index < -0.39 is 16.3 Å². The minimum atomic E-state index is -4.06. The zero-order valence-electron chi connectivity index (χ0n) is 12.6. The molecule has 1 aromatic heterocycles. The van der Waals surface area contributed by atoms with Crippen LogP contribution in [0.2, 0.25) is 0 Å². The number of likely N-dealkylation sites (tertiary alicyclic amines) is 1. The minimum absolute atomic E-state index is 0.286. The van der Waals surface area contributed by atoms with Crippen LogP contribution in [0.15, 0.2) is 41.1 Å². The molecule has 2 heterocycles. The molecule has 0 bridgehead atoms. The summed E-state index contributed by atoms with van der Waals surface area (Å²) in [6.45, 7) is 1.13. The van der Waals surface area contributed by atoms with Crippen LogP contribution in [0.4, 0.5) is 10.5 Å². The summed E-state index contributed by atoms with van der Waals surface area (Å²) in [5.74, 6) is 0.504. The van der Waals surface area contributed by atoms with E-state index in [-0.39, 0.29) is 5.69 Å². The Morgan fingerprint density at radius 2 is 2.04 bits per heavy atom. The molecule has 1 saturated heterocycles. The van der Waals surface area contributed by atoms with Gasteiger partial charge in [-0.15, -0.1) is 0 Å². The van der Waals surface area contributed by atoms with Gasteiger partial charge in [-0.2, -0.15) is 8.42 Å². The van der Waals surface area contributed by atoms with Gasteiger partial charge in [-0.3, -0.25) is 4.72 Å². The van der Waals surface area contributed by atoms with Crippen LogP contribution in [-0.4, -0.2) is 37.7 Å². The molecular weight excluding hydrogens is 336 g/mol. The van der Waals surface area contributed by atoms with Gasteiger partial charge in [-0.1, -0.05) is 17.3 Å². The lowest BCUT2D eigenvalue weighted by Crippen LogP contribution is -2.38. The molecule has 1 aliphatic heterocycles. The highest BCUT2D eigenvalue weighted by Gasteiger charge is 2.21. The molecule has 3 rings (SSSR count). The second kappa shape index (κ2) is 6.89. The van der Waals surface area contributed by atoms with E-state index in [2.05, 4.69) is 14.7 Å². The number of rotatable bonds is 5. The third-order valence-corrected chi connectivity index (χ3v) is 4.25. The largest absolute Gasteiger partial charge is 0.429 e. The first-order chi connectivity index (χ1) is 11.5. The SMILES string of the molecule is O=C(ONS(=O)(=O)Nc1cccc(-c2ccno2)c1)N1CCCC1. The summed E-state index contributed by atoms with van der Waals surface area (Å²) in [4.78, 5) is 19.5. The van der Waals surface area contributed by atoms with Crippen molar-refractivity contribution in [1.29, 1.82) is 0 Å². The van der Waals surface area contributed by atoms with Gasteiger partial charge in [0, 0.05) is 24.7 Å². The molecule has 1 aliphatic rings. The number of carbonyl (C=O) groups excluding carboxylic acids is 1. The molecule has 9 nitrogen and oxygen atoms in total. The van der Waals surface area contributed by atoms with Crippen LogP contribution in [0.25, 0.3) is 11.3 Å². The van der Waals surface area contributed by atoms with E-state index in [0.717, 1.165) is 12.8 Å². The van der Waals surface area contributed by atoms with Crippen molar-refractivity contribution in [3.8, 4) is 11.3 Å². The van der Waals surface area contributed by atoms with Crippen molar-refractivity contribution in [2.75, 3.05) is 17.8 Å². The van der Waals surface area contributed by atoms with Gasteiger partial charge in [0.1, 0.15) is 0 Å². The molecule has 128 valence electrons. The lowest BCUT2D eigenvalue weighted by molar-refractivity contribution is 0.0911. The van der Waals surface area contributed by atoms with Gasteiger partial charge >= 0.3 is 16.3 Å². The zero-order valence-corrected chi connectivity index (χ0v) is 13.5. The Hall–Kier alpha value is -2.59. The number of aromatic nitrogens is 1. The molecule has 10 heteroatoms. The van der Waals surface area contributed by atoms with Crippen molar-refractivity contribution < 1.29 is 22.6 Å². The quantitative estimate of drug-likeness (QED) is 0.792. The third kappa shape index (κ3) is 4.03. The summed E-state index contributed by atoms with van der Waals surface area (Å²) >= 11 is 0. The first-order valence-corrected chi connectivity index (χ1v) is 8.78. The Bertz CT molecular complexity index is 800. The van der Waals surface area contributed by atoms with Crippen molar-refractivity contribution in [3.63, 3.8) is 0 Å². The topological polar surface area (TPSA) is 114 Å². The lowest BCUT2D eigenvalue weighted by Gasteiger charge is -2.15. The predicted molar refractivity (Wildman–Crippen MR) is 84.9 cm³/mol. The second-order valence-corrected chi connectivity index (χ2v) is 6.59. The molecule has 0 unspecified atom stereocenters. The number of nitrogens with one attached hydrogen (secondary N) is 2. The molecule has 1 aromatic carbocycles. The number of carbonyl (C=O) groups is 1. The molecule has 24 heavy (non-hydrogen) atoms. The molecule has 0 aliphatic carbocycles. The molecule has 0 spiro atoms. The summed E-state index contributed by atoms with van der Waals surface area (Å²) in [6, 6.07) is 8.19. The molecule has 2 N–H and O–H groups in total. The smallest absolute Gasteiger partial charge is 0.356 e. The Kier molecular flexibility index (Phi) is 4.67. The predicted octanol–water partition coefficient (Wildman–Crippen LogP) is 1.74. The van der Waals surface area contributed by atoms with Crippen LogP contribution >= 0.6 is 0 Å². The third-order valence-electron chi connectivity index (χ3n) is 3.44. The van der Waals surface area contributed by atoms with E-state index in [4.69, 9.17) is 4.52 Å². The van der Waals surface area contributed by atoms with Gasteiger partial charge < -0.3 is 14.3 Å². The number of nitrogens with zero attached hydrogens (tertiary/aromatic N) is 2. The molecule has 0 radical (unpaired) electrons. The van der Waals surface area contributed by atoms with Crippen molar-refractivity contribution in [1.82, 2.24) is 14.9 Å². The fourth-order valence-corrected chi connectivity index (χ4v) is 2.99. The standard InChI is InChI=1S/C14H16N4O5S/c19-14(18-8-1-2-9-18)23-17-24(20,21)16-12-5-3-4-11(10-12)13-6-7-15-22-13/h3-7,10,16-17H,1-2,8-9H2. The van der Waals surface area contributed by atoms with Gasteiger partial charge in [0.15, 0.2) is 5.76 Å². The molecule has 2 aromatic rings. The van der Waals surface area contributed by atoms with Crippen LogP contribution in [0.3, 0.4) is 0 Å². The Balaban J connectivity index is 1.62. The van der Waals surface area contributed by atoms with E-state index >= 15 is 0 Å². The van der Waals surface area contributed by atoms with Crippen molar-refractivity contribution in [2.45, 2.75) is 12.8 Å². The molecule has 1 amide bonds. The maximum atomic E-state index is 12.0. The highest BCUT2D eigenvalue weighted by molar-refractivity contribution is 7.90. The molecule has 1 fully saturated rings. The zero-order chi connectivity index (χ0) is 17.0. The number of benzene rings is 1. The Morgan fingerprint density at radius 3 is 2.75 bits per heavy atom. The summed E-state index contributed by atoms with van der Waals surface area (Å²) in [5.41, 5.74) is 0.940. The highest BCUT2D eigenvalue weighted by atomic mass is 32.2. The van der Waals surface area contributed by atoms with Gasteiger partial charge in [0.25, 0.3) is 0 Å². The second-order valence-electron chi connectivity index (χ2n) is 5.21. The van der Waals surface area contributed by atoms with Crippen LogP contribution in [0, 0.1) is 0 Å². The van der Waals surface area contributed by atoms with Crippen LogP contribution in [-0.2, 0) is 15.0 Å². The Labute approximate surface area is 138 Å². The highest BCUT2D eigenvalue weighted by Crippen LogP contribution is 2.22. The van der Waals surface area contributed by atoms with Gasteiger partial charge in [-0.05, 0) is 29.9 Å². The maximum absolute atomic E-state index is 12.0. The summed E-state index contributed by atoms with van der Waals surface area (Å²) < 4.78 is 31.2. The minimum Gasteiger partial charge on any atom is -0.356 e. The number of amides is 1. The summed E-state index contributed by atoms with van der Waals surface area (Å²) in [5, 5.41) is 3.60. The molecule has 0 saturated carbocycles. The average molecular weight is 352 g/mol. The fourth-order valence-electron chi connectivity index (χ4n) is 2.33. The maximum Gasteiger partial charge on any atom is 0.429 e. The van der Waals surface area contributed by atoms with Gasteiger partial charge in [0.2, 0.25) is 0 Å². The number of anilines is 1. The van der Waals surface area contributed by atoms with Gasteiger partial charge in [-0.25, -0.2) is 4.79 Å². The van der Waals surface area contributed by atoms with E-state index in [0.29, 0.717) is 24.4 Å². The van der Waals surface area contributed by atoms with E-state index in [1.807, 2.05) is 0 Å². The van der Waals surface area contributed by atoms with Crippen LogP contribution in [0.5, 0.6) is 0 Å². The Morgan fingerprint density at radius 1 is 1.25 bits per heavy atom. The first-order valence-electron chi connectivity index (χ1n) is 7.30. The normalized spacial score (nSPS) is 14.6. The average Bonchev–Trinajstić information content (AvgIpc) is 3.25. The fraction of sp³-hybridized carbons (Fsp3) is 0.286. The van der Waals surface area contributed by atoms with Crippen LogP contribution < -0.4 is 9.61 Å². The van der Waals surface area contributed by atoms with Gasteiger partial charge in [0.05, 0.1) is 11.9 Å². The number of hydrogen-bond acceptors (Lipinski definition) is 6.